The molecule has 0 aliphatic carbocycles. The molecule has 0 bridgehead atoms. The Morgan fingerprint density at radius 2 is 2.13 bits per heavy atom. The van der Waals surface area contributed by atoms with Crippen LogP contribution < -0.4 is 5.32 Å². The zero-order chi connectivity index (χ0) is 10.2. The van der Waals surface area contributed by atoms with Crippen molar-refractivity contribution in [3.8, 4) is 0 Å². The highest BCUT2D eigenvalue weighted by molar-refractivity contribution is 5.85. The van der Waals surface area contributed by atoms with Crippen molar-refractivity contribution in [2.75, 3.05) is 39.4 Å². The van der Waals surface area contributed by atoms with Crippen LogP contribution in [0.1, 0.15) is 26.7 Å². The topological polar surface area (TPSA) is 24.5 Å². The van der Waals surface area contributed by atoms with Crippen molar-refractivity contribution in [3.63, 3.8) is 0 Å². The van der Waals surface area contributed by atoms with E-state index in [1.54, 1.807) is 0 Å². The molecule has 0 amide bonds. The highest BCUT2D eigenvalue weighted by Crippen LogP contribution is 2.08. The van der Waals surface area contributed by atoms with E-state index in [-0.39, 0.29) is 12.4 Å². The predicted octanol–water partition coefficient (Wildman–Crippen LogP) is 1.52. The van der Waals surface area contributed by atoms with Crippen molar-refractivity contribution in [2.45, 2.75) is 32.7 Å². The lowest BCUT2D eigenvalue weighted by Gasteiger charge is -2.27. The van der Waals surface area contributed by atoms with E-state index in [9.17, 15) is 0 Å². The first kappa shape index (κ1) is 15.2. The molecule has 0 saturated carbocycles. The fourth-order valence-electron chi connectivity index (χ4n) is 2.04. The van der Waals surface area contributed by atoms with Gasteiger partial charge in [-0.1, -0.05) is 6.92 Å². The van der Waals surface area contributed by atoms with E-state index in [0.717, 1.165) is 32.3 Å². The third-order valence-electron chi connectivity index (χ3n) is 2.79. The lowest BCUT2D eigenvalue weighted by molar-refractivity contribution is 0.0975. The fraction of sp³-hybridized carbons (Fsp3) is 1.00. The Morgan fingerprint density at radius 3 is 2.67 bits per heavy atom. The summed E-state index contributed by atoms with van der Waals surface area (Å²) in [4.78, 5) is 2.57. The summed E-state index contributed by atoms with van der Waals surface area (Å²) in [6.45, 7) is 10.7. The van der Waals surface area contributed by atoms with Crippen LogP contribution in [0.2, 0.25) is 0 Å². The summed E-state index contributed by atoms with van der Waals surface area (Å²) in [5.41, 5.74) is 0. The van der Waals surface area contributed by atoms with Crippen LogP contribution in [-0.4, -0.2) is 50.3 Å². The number of nitrogens with one attached hydrogen (secondary N) is 1. The molecule has 1 aliphatic rings. The molecule has 3 nitrogen and oxygen atoms in total. The zero-order valence-electron chi connectivity index (χ0n) is 10.00. The molecule has 1 N–H and O–H groups in total. The number of halogens is 1. The molecule has 0 aromatic heterocycles. The van der Waals surface area contributed by atoms with Crippen LogP contribution in [-0.2, 0) is 4.74 Å². The average molecular weight is 237 g/mol. The second kappa shape index (κ2) is 9.40. The van der Waals surface area contributed by atoms with Crippen LogP contribution in [0.25, 0.3) is 0 Å². The average Bonchev–Trinajstić information content (AvgIpc) is 2.70. The van der Waals surface area contributed by atoms with E-state index in [1.807, 2.05) is 0 Å². The Kier molecular flexibility index (Phi) is 9.51. The summed E-state index contributed by atoms with van der Waals surface area (Å²) >= 11 is 0. The van der Waals surface area contributed by atoms with Crippen LogP contribution in [0.4, 0.5) is 0 Å². The summed E-state index contributed by atoms with van der Waals surface area (Å²) < 4.78 is 5.41. The van der Waals surface area contributed by atoms with E-state index in [2.05, 4.69) is 24.1 Å². The van der Waals surface area contributed by atoms with Crippen molar-refractivity contribution in [3.05, 3.63) is 0 Å². The zero-order valence-corrected chi connectivity index (χ0v) is 10.8. The first-order valence-electron chi connectivity index (χ1n) is 5.91. The maximum Gasteiger partial charge on any atom is 0.0593 e. The van der Waals surface area contributed by atoms with Crippen LogP contribution >= 0.6 is 12.4 Å². The van der Waals surface area contributed by atoms with Gasteiger partial charge in [0.25, 0.3) is 0 Å². The minimum absolute atomic E-state index is 0. The monoisotopic (exact) mass is 236 g/mol. The molecule has 0 spiro atoms. The molecule has 0 aromatic carbocycles. The standard InChI is InChI=1S/C11H24N2O.ClH/c1-3-7-13(8-9-14-4-2)11-5-6-12-10-11;/h11-12H,3-10H2,1-2H3;1H. The molecule has 1 saturated heterocycles. The Labute approximate surface area is 100.0 Å². The minimum Gasteiger partial charge on any atom is -0.380 e. The molecule has 4 heteroatoms. The molecule has 1 rings (SSSR count). The van der Waals surface area contributed by atoms with Gasteiger partial charge >= 0.3 is 0 Å². The normalized spacial score (nSPS) is 20.6. The Morgan fingerprint density at radius 1 is 1.33 bits per heavy atom. The number of nitrogens with zero attached hydrogens (tertiary/aromatic N) is 1. The number of hydrogen-bond donors (Lipinski definition) is 1. The van der Waals surface area contributed by atoms with Crippen molar-refractivity contribution in [1.82, 2.24) is 10.2 Å². The maximum absolute atomic E-state index is 5.41. The molecular formula is C11H25ClN2O. The van der Waals surface area contributed by atoms with Crippen molar-refractivity contribution in [1.29, 1.82) is 0 Å². The van der Waals surface area contributed by atoms with Gasteiger partial charge in [-0.15, -0.1) is 12.4 Å². The van der Waals surface area contributed by atoms with Gasteiger partial charge in [0, 0.05) is 25.7 Å². The van der Waals surface area contributed by atoms with Crippen molar-refractivity contribution < 1.29 is 4.74 Å². The largest absolute Gasteiger partial charge is 0.380 e. The van der Waals surface area contributed by atoms with Crippen molar-refractivity contribution >= 4 is 12.4 Å². The molecule has 1 unspecified atom stereocenters. The molecule has 1 atom stereocenters. The van der Waals surface area contributed by atoms with E-state index in [4.69, 9.17) is 4.74 Å². The molecule has 92 valence electrons. The summed E-state index contributed by atoms with van der Waals surface area (Å²) in [5.74, 6) is 0. The summed E-state index contributed by atoms with van der Waals surface area (Å²) in [6, 6.07) is 0.746. The molecule has 1 aliphatic heterocycles. The molecular weight excluding hydrogens is 212 g/mol. The third kappa shape index (κ3) is 5.71. The SMILES string of the molecule is CCCN(CCOCC)C1CCNC1.Cl. The van der Waals surface area contributed by atoms with E-state index >= 15 is 0 Å². The van der Waals surface area contributed by atoms with Gasteiger partial charge in [0.15, 0.2) is 0 Å². The van der Waals surface area contributed by atoms with Gasteiger partial charge in [-0.05, 0) is 32.9 Å². The highest BCUT2D eigenvalue weighted by Gasteiger charge is 2.20. The van der Waals surface area contributed by atoms with E-state index in [0.29, 0.717) is 0 Å². The number of rotatable bonds is 7. The van der Waals surface area contributed by atoms with Crippen LogP contribution in [0, 0.1) is 0 Å². The maximum atomic E-state index is 5.41. The van der Waals surface area contributed by atoms with E-state index < -0.39 is 0 Å². The molecule has 0 radical (unpaired) electrons. The lowest BCUT2D eigenvalue weighted by Crippen LogP contribution is -2.39. The molecule has 0 aromatic rings. The molecule has 1 heterocycles. The smallest absolute Gasteiger partial charge is 0.0593 e. The van der Waals surface area contributed by atoms with Crippen molar-refractivity contribution in [2.24, 2.45) is 0 Å². The van der Waals surface area contributed by atoms with Gasteiger partial charge in [-0.3, -0.25) is 4.90 Å². The minimum atomic E-state index is 0. The molecule has 15 heavy (non-hydrogen) atoms. The summed E-state index contributed by atoms with van der Waals surface area (Å²) in [7, 11) is 0. The predicted molar refractivity (Wildman–Crippen MR) is 66.9 cm³/mol. The van der Waals surface area contributed by atoms with E-state index in [1.165, 1.54) is 25.9 Å². The Hall–Kier alpha value is 0.170. The first-order valence-corrected chi connectivity index (χ1v) is 5.91. The number of ether oxygens (including phenoxy) is 1. The lowest BCUT2D eigenvalue weighted by atomic mass is 10.2. The molecule has 1 fully saturated rings. The first-order chi connectivity index (χ1) is 6.88. The van der Waals surface area contributed by atoms with Gasteiger partial charge in [-0.25, -0.2) is 0 Å². The number of hydrogen-bond acceptors (Lipinski definition) is 3. The second-order valence-corrected chi connectivity index (χ2v) is 3.88. The van der Waals surface area contributed by atoms with Gasteiger partial charge < -0.3 is 10.1 Å². The summed E-state index contributed by atoms with van der Waals surface area (Å²) in [6.07, 6.45) is 2.54. The van der Waals surface area contributed by atoms with Crippen LogP contribution in [0.15, 0.2) is 0 Å². The second-order valence-electron chi connectivity index (χ2n) is 3.88. The van der Waals surface area contributed by atoms with Crippen LogP contribution in [0.5, 0.6) is 0 Å². The van der Waals surface area contributed by atoms with Gasteiger partial charge in [0.2, 0.25) is 0 Å². The quantitative estimate of drug-likeness (QED) is 0.679. The van der Waals surface area contributed by atoms with Crippen LogP contribution in [0.3, 0.4) is 0 Å². The van der Waals surface area contributed by atoms with Gasteiger partial charge in [0.05, 0.1) is 6.61 Å². The summed E-state index contributed by atoms with van der Waals surface area (Å²) in [5, 5.41) is 3.42. The third-order valence-corrected chi connectivity index (χ3v) is 2.79. The highest BCUT2D eigenvalue weighted by atomic mass is 35.5. The fourth-order valence-corrected chi connectivity index (χ4v) is 2.04. The van der Waals surface area contributed by atoms with Gasteiger partial charge in [0.1, 0.15) is 0 Å². The Balaban J connectivity index is 0.00000196. The Bertz CT molecular complexity index is 141. The van der Waals surface area contributed by atoms with Gasteiger partial charge in [-0.2, -0.15) is 0 Å².